The van der Waals surface area contributed by atoms with Crippen molar-refractivity contribution in [2.45, 2.75) is 38.1 Å². The first kappa shape index (κ1) is 32.3. The normalized spacial score (nSPS) is 13.6. The minimum absolute atomic E-state index is 0.0896. The number of aliphatic hydroxyl groups is 2. The predicted molar refractivity (Wildman–Crippen MR) is 144 cm³/mol. The molecule has 7 nitrogen and oxygen atoms in total. The maximum absolute atomic E-state index is 15.6. The fourth-order valence-corrected chi connectivity index (χ4v) is 4.12. The molecule has 224 valence electrons. The van der Waals surface area contributed by atoms with E-state index in [4.69, 9.17) is 4.74 Å². The smallest absolute Gasteiger partial charge is 0.424 e. The molecule has 0 spiro atoms. The average Bonchev–Trinajstić information content (AvgIpc) is 2.91. The molecule has 3 N–H and O–H groups in total. The number of ether oxygens (including phenoxy) is 1. The summed E-state index contributed by atoms with van der Waals surface area (Å²) < 4.78 is 93.1. The molecule has 0 saturated heterocycles. The summed E-state index contributed by atoms with van der Waals surface area (Å²) in [5.74, 6) is -5.31. The number of amides is 1. The molecule has 1 heterocycles. The lowest BCUT2D eigenvalue weighted by molar-refractivity contribution is -0.266. The number of rotatable bonds is 9. The van der Waals surface area contributed by atoms with Crippen molar-refractivity contribution in [1.82, 2.24) is 10.3 Å². The molecule has 0 aliphatic heterocycles. The average molecular weight is 596 g/mol. The number of pyridine rings is 1. The molecule has 0 saturated carbocycles. The van der Waals surface area contributed by atoms with Crippen LogP contribution in [0.25, 0.3) is 17.3 Å². The van der Waals surface area contributed by atoms with Gasteiger partial charge in [0.05, 0.1) is 24.8 Å². The van der Waals surface area contributed by atoms with Gasteiger partial charge in [-0.15, -0.1) is 0 Å². The Hall–Kier alpha value is -4.23. The zero-order valence-corrected chi connectivity index (χ0v) is 22.9. The first-order chi connectivity index (χ1) is 19.5. The minimum atomic E-state index is -5.67. The number of alkyl halides is 3. The van der Waals surface area contributed by atoms with Crippen molar-refractivity contribution in [3.63, 3.8) is 0 Å². The van der Waals surface area contributed by atoms with E-state index < -0.39 is 64.2 Å². The molecule has 1 amide bonds. The Morgan fingerprint density at radius 1 is 1.10 bits per heavy atom. The van der Waals surface area contributed by atoms with Crippen molar-refractivity contribution in [2.24, 2.45) is 4.99 Å². The fraction of sp³-hybridized carbons (Fsp3) is 0.276. The van der Waals surface area contributed by atoms with Gasteiger partial charge in [-0.25, -0.2) is 18.2 Å². The van der Waals surface area contributed by atoms with Crippen LogP contribution in [0.1, 0.15) is 48.0 Å². The minimum Gasteiger partial charge on any atom is -0.494 e. The molecule has 0 aliphatic carbocycles. The molecular formula is C29H27F6N3O4. The summed E-state index contributed by atoms with van der Waals surface area (Å²) >= 11 is 0. The van der Waals surface area contributed by atoms with E-state index in [2.05, 4.69) is 16.6 Å². The number of methoxy groups -OCH3 is 1. The van der Waals surface area contributed by atoms with Crippen molar-refractivity contribution in [3.05, 3.63) is 82.8 Å². The van der Waals surface area contributed by atoms with Gasteiger partial charge in [-0.1, -0.05) is 12.7 Å². The summed E-state index contributed by atoms with van der Waals surface area (Å²) in [5, 5.41) is 23.3. The van der Waals surface area contributed by atoms with E-state index in [9.17, 15) is 32.6 Å². The predicted octanol–water partition coefficient (Wildman–Crippen LogP) is 5.95. The number of benzene rings is 2. The van der Waals surface area contributed by atoms with Gasteiger partial charge in [-0.2, -0.15) is 13.2 Å². The third-order valence-electron chi connectivity index (χ3n) is 6.24. The van der Waals surface area contributed by atoms with E-state index in [-0.39, 0.29) is 16.9 Å². The highest BCUT2D eigenvalue weighted by Crippen LogP contribution is 2.43. The summed E-state index contributed by atoms with van der Waals surface area (Å²) in [6, 6.07) is 6.12. The number of aliphatic imine (C=N–C) groups is 1. The van der Waals surface area contributed by atoms with E-state index in [0.717, 1.165) is 38.1 Å². The molecule has 0 bridgehead atoms. The van der Waals surface area contributed by atoms with Crippen LogP contribution in [-0.4, -0.2) is 47.1 Å². The van der Waals surface area contributed by atoms with E-state index in [1.807, 2.05) is 5.32 Å². The molecule has 0 aliphatic rings. The van der Waals surface area contributed by atoms with Crippen LogP contribution in [0, 0.1) is 17.5 Å². The summed E-state index contributed by atoms with van der Waals surface area (Å²) in [4.78, 5) is 20.6. The lowest BCUT2D eigenvalue weighted by Crippen LogP contribution is -2.52. The lowest BCUT2D eigenvalue weighted by Gasteiger charge is -2.32. The molecule has 0 radical (unpaired) electrons. The van der Waals surface area contributed by atoms with Gasteiger partial charge in [-0.05, 0) is 57.2 Å². The molecule has 0 fully saturated rings. The Kier molecular flexibility index (Phi) is 9.18. The largest absolute Gasteiger partial charge is 0.494 e. The van der Waals surface area contributed by atoms with Crippen LogP contribution in [0.15, 0.2) is 48.0 Å². The van der Waals surface area contributed by atoms with Crippen molar-refractivity contribution in [2.75, 3.05) is 13.7 Å². The van der Waals surface area contributed by atoms with Gasteiger partial charge < -0.3 is 20.3 Å². The molecule has 0 unspecified atom stereocenters. The second-order valence-corrected chi connectivity index (χ2v) is 9.63. The third kappa shape index (κ3) is 6.16. The van der Waals surface area contributed by atoms with Gasteiger partial charge in [0, 0.05) is 22.9 Å². The number of carbonyl (C=O) groups excluding carboxylic acids is 1. The zero-order valence-electron chi connectivity index (χ0n) is 22.9. The number of halogens is 6. The zero-order chi connectivity index (χ0) is 31.6. The molecule has 3 aromatic rings. The van der Waals surface area contributed by atoms with E-state index >= 15 is 8.78 Å². The summed E-state index contributed by atoms with van der Waals surface area (Å²) in [6.45, 7) is 5.40. The van der Waals surface area contributed by atoms with Crippen LogP contribution < -0.4 is 10.1 Å². The molecule has 13 heteroatoms. The van der Waals surface area contributed by atoms with Crippen LogP contribution in [-0.2, 0) is 11.2 Å². The number of hydrogen-bond acceptors (Lipinski definition) is 6. The van der Waals surface area contributed by atoms with Crippen LogP contribution in [0.5, 0.6) is 5.75 Å². The Morgan fingerprint density at radius 3 is 2.21 bits per heavy atom. The van der Waals surface area contributed by atoms with Gasteiger partial charge in [0.1, 0.15) is 28.6 Å². The van der Waals surface area contributed by atoms with Crippen LogP contribution in [0.2, 0.25) is 0 Å². The van der Waals surface area contributed by atoms with Crippen molar-refractivity contribution in [3.8, 4) is 17.0 Å². The first-order valence-corrected chi connectivity index (χ1v) is 12.3. The number of hydrogen-bond donors (Lipinski definition) is 3. The molecule has 2 aromatic carbocycles. The second-order valence-electron chi connectivity index (χ2n) is 9.63. The number of carbonyl (C=O) groups is 1. The Balaban J connectivity index is 2.18. The SMILES string of the molecule is C=Cc1cc(C(=O)NC[C@](O)(c2nc(-c3ccc(F)cc3)c(F)c(C(C)(C)O)c2F)C(F)(F)F)cc(OC)c1/N=C\C. The molecule has 42 heavy (non-hydrogen) atoms. The standard InChI is InChI=1S/C29H27F6N3O4/c1-6-15-12-17(13-19(42-5)23(15)36-7-2)26(39)37-14-28(41,29(33,34)35)25-22(32)20(27(3,4)40)21(31)24(38-25)16-8-10-18(30)11-9-16/h6-13,40-41H,1,14H2,2-5H3,(H,37,39)/b36-7-/t28-/m0/s1. The molecule has 3 rings (SSSR count). The van der Waals surface area contributed by atoms with Crippen LogP contribution >= 0.6 is 0 Å². The van der Waals surface area contributed by atoms with Gasteiger partial charge in [0.2, 0.25) is 5.60 Å². The Bertz CT molecular complexity index is 1530. The summed E-state index contributed by atoms with van der Waals surface area (Å²) in [7, 11) is 1.28. The second kappa shape index (κ2) is 11.9. The van der Waals surface area contributed by atoms with E-state index in [1.165, 1.54) is 31.5 Å². The maximum atomic E-state index is 15.6. The number of nitrogens with one attached hydrogen (secondary N) is 1. The highest BCUT2D eigenvalue weighted by Gasteiger charge is 2.58. The number of aromatic nitrogens is 1. The van der Waals surface area contributed by atoms with Gasteiger partial charge in [0.25, 0.3) is 5.91 Å². The number of nitrogens with zero attached hydrogens (tertiary/aromatic N) is 2. The Morgan fingerprint density at radius 2 is 1.71 bits per heavy atom. The van der Waals surface area contributed by atoms with Crippen LogP contribution in [0.4, 0.5) is 32.0 Å². The molecule has 1 aromatic heterocycles. The molecular weight excluding hydrogens is 568 g/mol. The summed E-state index contributed by atoms with van der Waals surface area (Å²) in [5.41, 5.74) is -10.3. The first-order valence-electron chi connectivity index (χ1n) is 12.3. The monoisotopic (exact) mass is 595 g/mol. The Labute approximate surface area is 237 Å². The van der Waals surface area contributed by atoms with Crippen molar-refractivity contribution < 1.29 is 46.1 Å². The quantitative estimate of drug-likeness (QED) is 0.210. The van der Waals surface area contributed by atoms with E-state index in [1.54, 1.807) is 6.92 Å². The van der Waals surface area contributed by atoms with Gasteiger partial charge >= 0.3 is 6.18 Å². The summed E-state index contributed by atoms with van der Waals surface area (Å²) in [6.07, 6.45) is -2.90. The van der Waals surface area contributed by atoms with E-state index in [0.29, 0.717) is 11.3 Å². The highest BCUT2D eigenvalue weighted by molar-refractivity contribution is 5.96. The van der Waals surface area contributed by atoms with Crippen LogP contribution in [0.3, 0.4) is 0 Å². The fourth-order valence-electron chi connectivity index (χ4n) is 4.12. The van der Waals surface area contributed by atoms with Crippen molar-refractivity contribution >= 4 is 23.9 Å². The molecule has 1 atom stereocenters. The van der Waals surface area contributed by atoms with Gasteiger partial charge in [0.15, 0.2) is 11.6 Å². The third-order valence-corrected chi connectivity index (χ3v) is 6.24. The highest BCUT2D eigenvalue weighted by atomic mass is 19.4. The topological polar surface area (TPSA) is 104 Å². The van der Waals surface area contributed by atoms with Crippen molar-refractivity contribution in [1.29, 1.82) is 0 Å². The lowest BCUT2D eigenvalue weighted by atomic mass is 9.89. The van der Waals surface area contributed by atoms with Gasteiger partial charge in [-0.3, -0.25) is 9.79 Å². The maximum Gasteiger partial charge on any atom is 0.424 e.